The van der Waals surface area contributed by atoms with Gasteiger partial charge in [0.05, 0.1) is 29.4 Å². The number of benzene rings is 2. The summed E-state index contributed by atoms with van der Waals surface area (Å²) in [6.45, 7) is 8.83. The van der Waals surface area contributed by atoms with Crippen LogP contribution in [0.2, 0.25) is 0 Å². The molecule has 0 bridgehead atoms. The maximum atomic E-state index is 13.9. The number of esters is 1. The predicted molar refractivity (Wildman–Crippen MR) is 158 cm³/mol. The second kappa shape index (κ2) is 10.3. The number of fused-ring (bicyclic) bond motifs is 2. The number of aromatic nitrogens is 1. The van der Waals surface area contributed by atoms with Crippen molar-refractivity contribution >= 4 is 55.0 Å². The first kappa shape index (κ1) is 26.6. The lowest BCUT2D eigenvalue weighted by atomic mass is 9.72. The molecule has 0 fully saturated rings. The first-order valence-corrected chi connectivity index (χ1v) is 14.4. The zero-order valence-electron chi connectivity index (χ0n) is 22.3. The predicted octanol–water partition coefficient (Wildman–Crippen LogP) is 8.22. The van der Waals surface area contributed by atoms with Crippen LogP contribution in [0.15, 0.2) is 53.0 Å². The monoisotopic (exact) mass is 590 g/mol. The van der Waals surface area contributed by atoms with E-state index in [-0.39, 0.29) is 11.3 Å². The number of hydrogen-bond acceptors (Lipinski definition) is 5. The third kappa shape index (κ3) is 5.14. The molecule has 2 aromatic carbocycles. The second-order valence-electron chi connectivity index (χ2n) is 11.0. The van der Waals surface area contributed by atoms with Crippen LogP contribution in [0.5, 0.6) is 0 Å². The van der Waals surface area contributed by atoms with Crippen molar-refractivity contribution in [1.82, 2.24) is 4.98 Å². The fourth-order valence-electron chi connectivity index (χ4n) is 5.16. The number of pyridine rings is 1. The van der Waals surface area contributed by atoms with Gasteiger partial charge in [-0.1, -0.05) is 66.5 Å². The molecule has 2 heterocycles. The quantitative estimate of drug-likeness (QED) is 0.243. The van der Waals surface area contributed by atoms with Gasteiger partial charge in [-0.3, -0.25) is 4.79 Å². The van der Waals surface area contributed by atoms with Crippen LogP contribution in [0, 0.1) is 18.3 Å². The number of ether oxygens (including phenoxy) is 1. The molecule has 38 heavy (non-hydrogen) atoms. The van der Waals surface area contributed by atoms with Crippen molar-refractivity contribution in [3.05, 3.63) is 80.1 Å². The lowest BCUT2D eigenvalue weighted by Gasteiger charge is -2.33. The number of amides is 1. The zero-order chi connectivity index (χ0) is 27.2. The molecule has 0 saturated carbocycles. The van der Waals surface area contributed by atoms with E-state index >= 15 is 0 Å². The van der Waals surface area contributed by atoms with E-state index in [1.54, 1.807) is 0 Å². The van der Waals surface area contributed by atoms with Crippen LogP contribution in [-0.2, 0) is 17.6 Å². The van der Waals surface area contributed by atoms with Gasteiger partial charge in [-0.25, -0.2) is 9.78 Å². The van der Waals surface area contributed by atoms with Crippen LogP contribution in [0.3, 0.4) is 0 Å². The molecule has 0 radical (unpaired) electrons. The van der Waals surface area contributed by atoms with Crippen molar-refractivity contribution in [2.45, 2.75) is 47.0 Å². The largest absolute Gasteiger partial charge is 0.465 e. The number of anilines is 1. The Labute approximate surface area is 235 Å². The normalized spacial score (nSPS) is 15.3. The Morgan fingerprint density at radius 1 is 1.11 bits per heavy atom. The average molecular weight is 592 g/mol. The molecular weight excluding hydrogens is 560 g/mol. The van der Waals surface area contributed by atoms with Crippen LogP contribution in [0.4, 0.5) is 5.00 Å². The summed E-state index contributed by atoms with van der Waals surface area (Å²) in [5, 5.41) is 4.38. The van der Waals surface area contributed by atoms with E-state index < -0.39 is 5.97 Å². The maximum Gasteiger partial charge on any atom is 0.341 e. The lowest BCUT2D eigenvalue weighted by molar-refractivity contribution is 0.0600. The molecule has 0 aliphatic heterocycles. The van der Waals surface area contributed by atoms with Crippen molar-refractivity contribution in [3.8, 4) is 11.3 Å². The van der Waals surface area contributed by atoms with E-state index in [2.05, 4.69) is 42.0 Å². The molecule has 4 aromatic rings. The molecule has 1 unspecified atom stereocenters. The molecule has 7 heteroatoms. The van der Waals surface area contributed by atoms with Gasteiger partial charge in [0.15, 0.2) is 0 Å². The average Bonchev–Trinajstić information content (AvgIpc) is 3.24. The number of rotatable bonds is 4. The summed E-state index contributed by atoms with van der Waals surface area (Å²) in [6, 6.07) is 15.7. The van der Waals surface area contributed by atoms with Gasteiger partial charge in [0.25, 0.3) is 5.91 Å². The van der Waals surface area contributed by atoms with Gasteiger partial charge in [0.1, 0.15) is 5.00 Å². The number of methoxy groups -OCH3 is 1. The number of aryl methyl sites for hydroxylation is 1. The topological polar surface area (TPSA) is 68.3 Å². The zero-order valence-corrected chi connectivity index (χ0v) is 24.7. The number of carbonyl (C=O) groups is 2. The molecule has 0 saturated heterocycles. The fourth-order valence-corrected chi connectivity index (χ4v) is 6.83. The summed E-state index contributed by atoms with van der Waals surface area (Å²) in [5.41, 5.74) is 5.71. The molecule has 1 amide bonds. The molecule has 5 nitrogen and oxygen atoms in total. The van der Waals surface area contributed by atoms with Crippen molar-refractivity contribution in [2.75, 3.05) is 12.4 Å². The molecule has 0 spiro atoms. The highest BCUT2D eigenvalue weighted by molar-refractivity contribution is 9.10. The summed E-state index contributed by atoms with van der Waals surface area (Å²) in [5.74, 6) is -0.170. The first-order valence-electron chi connectivity index (χ1n) is 12.8. The molecule has 1 aliphatic carbocycles. The Bertz CT molecular complexity index is 1550. The van der Waals surface area contributed by atoms with Crippen LogP contribution < -0.4 is 5.32 Å². The van der Waals surface area contributed by atoms with Crippen LogP contribution in [0.1, 0.15) is 63.9 Å². The number of thiophene rings is 1. The van der Waals surface area contributed by atoms with Gasteiger partial charge in [-0.05, 0) is 67.3 Å². The standard InChI is InChI=1S/C31H31BrN2O3S/c1-17-6-8-18(9-7-17)25-16-23(22-15-20(32)11-13-24(22)33-25)28(35)34-29-27(30(36)37-5)21-12-10-19(31(2,3)4)14-26(21)38-29/h6-9,11,13,15-16,19H,10,12,14H2,1-5H3,(H,34,35). The number of hydrogen-bond donors (Lipinski definition) is 1. The van der Waals surface area contributed by atoms with Gasteiger partial charge >= 0.3 is 5.97 Å². The fraction of sp³-hybridized carbons (Fsp3) is 0.323. The molecule has 1 N–H and O–H groups in total. The summed E-state index contributed by atoms with van der Waals surface area (Å²) in [7, 11) is 1.39. The second-order valence-corrected chi connectivity index (χ2v) is 13.1. The SMILES string of the molecule is COC(=O)c1c(NC(=O)c2cc(-c3ccc(C)cc3)nc3ccc(Br)cc23)sc2c1CCC(C(C)(C)C)C2. The van der Waals surface area contributed by atoms with Crippen molar-refractivity contribution in [3.63, 3.8) is 0 Å². The highest BCUT2D eigenvalue weighted by atomic mass is 79.9. The maximum absolute atomic E-state index is 13.9. The van der Waals surface area contributed by atoms with E-state index in [1.807, 2.05) is 55.5 Å². The molecule has 5 rings (SSSR count). The minimum atomic E-state index is -0.408. The Hall–Kier alpha value is -3.03. The number of halogens is 1. The third-order valence-corrected chi connectivity index (χ3v) is 9.13. The molecule has 1 atom stereocenters. The Kier molecular flexibility index (Phi) is 7.18. The van der Waals surface area contributed by atoms with Gasteiger partial charge in [-0.2, -0.15) is 0 Å². The van der Waals surface area contributed by atoms with Crippen molar-refractivity contribution in [2.24, 2.45) is 11.3 Å². The van der Waals surface area contributed by atoms with Gasteiger partial charge in [0, 0.05) is 20.3 Å². The molecule has 196 valence electrons. The van der Waals surface area contributed by atoms with Crippen molar-refractivity contribution < 1.29 is 14.3 Å². The Balaban J connectivity index is 1.58. The lowest BCUT2D eigenvalue weighted by Crippen LogP contribution is -2.26. The van der Waals surface area contributed by atoms with Crippen LogP contribution in [0.25, 0.3) is 22.2 Å². The van der Waals surface area contributed by atoms with E-state index in [9.17, 15) is 9.59 Å². The minimum absolute atomic E-state index is 0.173. The van der Waals surface area contributed by atoms with Crippen LogP contribution in [-0.4, -0.2) is 24.0 Å². The summed E-state index contributed by atoms with van der Waals surface area (Å²) in [4.78, 5) is 32.8. The van der Waals surface area contributed by atoms with Gasteiger partial charge in [-0.15, -0.1) is 11.3 Å². The van der Waals surface area contributed by atoms with Gasteiger partial charge < -0.3 is 10.1 Å². The first-order chi connectivity index (χ1) is 18.0. The van der Waals surface area contributed by atoms with E-state index in [0.717, 1.165) is 61.9 Å². The molecular formula is C31H31BrN2O3S. The highest BCUT2D eigenvalue weighted by Crippen LogP contribution is 2.44. The number of carbonyl (C=O) groups excluding carboxylic acids is 2. The van der Waals surface area contributed by atoms with E-state index in [1.165, 1.54) is 18.4 Å². The smallest absolute Gasteiger partial charge is 0.341 e. The number of nitrogens with one attached hydrogen (secondary N) is 1. The highest BCUT2D eigenvalue weighted by Gasteiger charge is 2.34. The van der Waals surface area contributed by atoms with Gasteiger partial charge in [0.2, 0.25) is 0 Å². The molecule has 1 aliphatic rings. The number of nitrogens with zero attached hydrogens (tertiary/aromatic N) is 1. The minimum Gasteiger partial charge on any atom is -0.465 e. The summed E-state index contributed by atoms with van der Waals surface area (Å²) in [6.07, 6.45) is 2.70. The van der Waals surface area contributed by atoms with Crippen molar-refractivity contribution in [1.29, 1.82) is 0 Å². The van der Waals surface area contributed by atoms with E-state index in [0.29, 0.717) is 22.0 Å². The van der Waals surface area contributed by atoms with Crippen LogP contribution >= 0.6 is 27.3 Å². The Morgan fingerprint density at radius 2 is 1.84 bits per heavy atom. The summed E-state index contributed by atoms with van der Waals surface area (Å²) < 4.78 is 6.02. The summed E-state index contributed by atoms with van der Waals surface area (Å²) >= 11 is 5.04. The third-order valence-electron chi connectivity index (χ3n) is 7.47. The van der Waals surface area contributed by atoms with E-state index in [4.69, 9.17) is 9.72 Å². The molecule has 2 aromatic heterocycles. The Morgan fingerprint density at radius 3 is 2.53 bits per heavy atom.